The van der Waals surface area contributed by atoms with Crippen LogP contribution < -0.4 is 11.1 Å². The molecule has 0 bridgehead atoms. The summed E-state index contributed by atoms with van der Waals surface area (Å²) >= 11 is 0. The van der Waals surface area contributed by atoms with Gasteiger partial charge in [-0.3, -0.25) is 0 Å². The minimum absolute atomic E-state index is 0.595. The smallest absolute Gasteiger partial charge is 0.0400 e. The van der Waals surface area contributed by atoms with Gasteiger partial charge < -0.3 is 11.1 Å². The van der Waals surface area contributed by atoms with E-state index in [0.29, 0.717) is 12.5 Å². The molecule has 2 aromatic rings. The van der Waals surface area contributed by atoms with Gasteiger partial charge in [-0.05, 0) is 41.2 Å². The van der Waals surface area contributed by atoms with E-state index >= 15 is 0 Å². The molecule has 0 radical (unpaired) electrons. The molecule has 2 nitrogen and oxygen atoms in total. The molecule has 20 heavy (non-hydrogen) atoms. The van der Waals surface area contributed by atoms with E-state index < -0.39 is 0 Å². The summed E-state index contributed by atoms with van der Waals surface area (Å²) in [6.07, 6.45) is 1.18. The maximum Gasteiger partial charge on any atom is 0.0400 e. The van der Waals surface area contributed by atoms with E-state index in [1.165, 1.54) is 23.1 Å². The van der Waals surface area contributed by atoms with Crippen LogP contribution in [0.5, 0.6) is 0 Å². The number of nitrogens with one attached hydrogen (secondary N) is 1. The van der Waals surface area contributed by atoms with Crippen molar-refractivity contribution < 1.29 is 0 Å². The highest BCUT2D eigenvalue weighted by Crippen LogP contribution is 2.20. The van der Waals surface area contributed by atoms with E-state index in [4.69, 9.17) is 5.73 Å². The number of hydrogen-bond donors (Lipinski definition) is 2. The van der Waals surface area contributed by atoms with E-state index in [0.717, 1.165) is 12.2 Å². The van der Waals surface area contributed by atoms with Crippen LogP contribution in [0.15, 0.2) is 48.5 Å². The number of anilines is 1. The highest BCUT2D eigenvalue weighted by atomic mass is 14.9. The van der Waals surface area contributed by atoms with Gasteiger partial charge in [0.15, 0.2) is 0 Å². The molecule has 0 amide bonds. The summed E-state index contributed by atoms with van der Waals surface area (Å²) in [6, 6.07) is 17.2. The Morgan fingerprint density at radius 2 is 1.75 bits per heavy atom. The average molecular weight is 268 g/mol. The van der Waals surface area contributed by atoms with Crippen molar-refractivity contribution in [3.63, 3.8) is 0 Å². The van der Waals surface area contributed by atoms with Crippen molar-refractivity contribution in [2.45, 2.75) is 39.3 Å². The first kappa shape index (κ1) is 14.6. The molecule has 3 N–H and O–H groups in total. The Morgan fingerprint density at radius 3 is 2.40 bits per heavy atom. The molecule has 0 fully saturated rings. The molecule has 0 spiro atoms. The predicted molar refractivity (Wildman–Crippen MR) is 86.8 cm³/mol. The van der Waals surface area contributed by atoms with Gasteiger partial charge in [0.25, 0.3) is 0 Å². The van der Waals surface area contributed by atoms with Crippen LogP contribution in [0, 0.1) is 0 Å². The van der Waals surface area contributed by atoms with Crippen molar-refractivity contribution >= 4 is 5.69 Å². The van der Waals surface area contributed by atoms with Crippen molar-refractivity contribution in [2.75, 3.05) is 5.32 Å². The van der Waals surface area contributed by atoms with Gasteiger partial charge in [0.05, 0.1) is 0 Å². The van der Waals surface area contributed by atoms with E-state index in [9.17, 15) is 0 Å². The lowest BCUT2D eigenvalue weighted by molar-refractivity contribution is 0.734. The largest absolute Gasteiger partial charge is 0.381 e. The first-order valence-corrected chi connectivity index (χ1v) is 7.34. The van der Waals surface area contributed by atoms with Crippen molar-refractivity contribution in [2.24, 2.45) is 5.73 Å². The van der Waals surface area contributed by atoms with Crippen molar-refractivity contribution in [3.8, 4) is 0 Å². The minimum Gasteiger partial charge on any atom is -0.381 e. The molecule has 0 aliphatic rings. The summed E-state index contributed by atoms with van der Waals surface area (Å²) in [7, 11) is 0. The maximum absolute atomic E-state index is 5.66. The summed E-state index contributed by atoms with van der Waals surface area (Å²) in [5, 5.41) is 3.46. The maximum atomic E-state index is 5.66. The Balaban J connectivity index is 1.96. The van der Waals surface area contributed by atoms with Gasteiger partial charge in [-0.15, -0.1) is 0 Å². The average Bonchev–Trinajstić information content (AvgIpc) is 2.53. The standard InChI is InChI=1S/C18H24N2/c1-3-14(2)17-7-9-18(10-8-17)20-13-16-6-4-5-15(11-16)12-19/h4-11,14,20H,3,12-13,19H2,1-2H3. The summed E-state index contributed by atoms with van der Waals surface area (Å²) in [4.78, 5) is 0. The topological polar surface area (TPSA) is 38.0 Å². The van der Waals surface area contributed by atoms with Gasteiger partial charge in [-0.1, -0.05) is 50.2 Å². The van der Waals surface area contributed by atoms with Crippen LogP contribution in [0.1, 0.15) is 42.9 Å². The fraction of sp³-hybridized carbons (Fsp3) is 0.333. The Kier molecular flexibility index (Phi) is 5.19. The van der Waals surface area contributed by atoms with Crippen LogP contribution in [0.2, 0.25) is 0 Å². The molecule has 2 rings (SSSR count). The molecule has 2 heteroatoms. The van der Waals surface area contributed by atoms with Crippen molar-refractivity contribution in [1.82, 2.24) is 0 Å². The van der Waals surface area contributed by atoms with Gasteiger partial charge in [0, 0.05) is 18.8 Å². The fourth-order valence-electron chi connectivity index (χ4n) is 2.24. The van der Waals surface area contributed by atoms with Crippen LogP contribution in [-0.4, -0.2) is 0 Å². The second-order valence-electron chi connectivity index (χ2n) is 5.31. The van der Waals surface area contributed by atoms with Crippen LogP contribution in [-0.2, 0) is 13.1 Å². The highest BCUT2D eigenvalue weighted by Gasteiger charge is 2.02. The van der Waals surface area contributed by atoms with Gasteiger partial charge in [0.1, 0.15) is 0 Å². The molecule has 106 valence electrons. The van der Waals surface area contributed by atoms with Crippen molar-refractivity contribution in [3.05, 3.63) is 65.2 Å². The van der Waals surface area contributed by atoms with Gasteiger partial charge in [-0.2, -0.15) is 0 Å². The second kappa shape index (κ2) is 7.11. The van der Waals surface area contributed by atoms with Crippen LogP contribution >= 0.6 is 0 Å². The molecule has 0 aliphatic carbocycles. The van der Waals surface area contributed by atoms with Crippen LogP contribution in [0.4, 0.5) is 5.69 Å². The Morgan fingerprint density at radius 1 is 1.05 bits per heavy atom. The third-order valence-corrected chi connectivity index (χ3v) is 3.82. The molecule has 0 aliphatic heterocycles. The summed E-state index contributed by atoms with van der Waals surface area (Å²) in [5.41, 5.74) is 10.7. The van der Waals surface area contributed by atoms with E-state index in [-0.39, 0.29) is 0 Å². The van der Waals surface area contributed by atoms with Gasteiger partial charge >= 0.3 is 0 Å². The summed E-state index contributed by atoms with van der Waals surface area (Å²) < 4.78 is 0. The zero-order chi connectivity index (χ0) is 14.4. The monoisotopic (exact) mass is 268 g/mol. The first-order chi connectivity index (χ1) is 9.72. The van der Waals surface area contributed by atoms with Gasteiger partial charge in [0.2, 0.25) is 0 Å². The lowest BCUT2D eigenvalue weighted by atomic mass is 9.98. The molecule has 0 aromatic heterocycles. The zero-order valence-corrected chi connectivity index (χ0v) is 12.4. The molecular formula is C18H24N2. The molecule has 1 atom stereocenters. The lowest BCUT2D eigenvalue weighted by Gasteiger charge is -2.11. The first-order valence-electron chi connectivity index (χ1n) is 7.34. The Labute approximate surface area is 122 Å². The molecule has 2 aromatic carbocycles. The summed E-state index contributed by atoms with van der Waals surface area (Å²) in [5.74, 6) is 0.630. The van der Waals surface area contributed by atoms with Crippen LogP contribution in [0.25, 0.3) is 0 Å². The SMILES string of the molecule is CCC(C)c1ccc(NCc2cccc(CN)c2)cc1. The third-order valence-electron chi connectivity index (χ3n) is 3.82. The van der Waals surface area contributed by atoms with Gasteiger partial charge in [-0.25, -0.2) is 0 Å². The molecule has 0 saturated carbocycles. The van der Waals surface area contributed by atoms with E-state index in [2.05, 4.69) is 67.7 Å². The number of rotatable bonds is 6. The van der Waals surface area contributed by atoms with Crippen molar-refractivity contribution in [1.29, 1.82) is 0 Å². The molecule has 0 heterocycles. The highest BCUT2D eigenvalue weighted by molar-refractivity contribution is 5.45. The normalized spacial score (nSPS) is 12.2. The lowest BCUT2D eigenvalue weighted by Crippen LogP contribution is -2.02. The van der Waals surface area contributed by atoms with E-state index in [1.54, 1.807) is 0 Å². The molecular weight excluding hydrogens is 244 g/mol. The minimum atomic E-state index is 0.595. The third kappa shape index (κ3) is 3.84. The van der Waals surface area contributed by atoms with E-state index in [1.807, 2.05) is 0 Å². The Bertz CT molecular complexity index is 531. The quantitative estimate of drug-likeness (QED) is 0.821. The zero-order valence-electron chi connectivity index (χ0n) is 12.4. The summed E-state index contributed by atoms with van der Waals surface area (Å²) in [6.45, 7) is 5.91. The molecule has 0 saturated heterocycles. The molecule has 1 unspecified atom stereocenters. The number of nitrogens with two attached hydrogens (primary N) is 1. The van der Waals surface area contributed by atoms with Crippen LogP contribution in [0.3, 0.4) is 0 Å². The number of benzene rings is 2. The number of hydrogen-bond acceptors (Lipinski definition) is 2. The predicted octanol–water partition coefficient (Wildman–Crippen LogP) is 4.27. The fourth-order valence-corrected chi connectivity index (χ4v) is 2.24. The second-order valence-corrected chi connectivity index (χ2v) is 5.31. The Hall–Kier alpha value is -1.80.